The minimum Gasteiger partial charge on any atom is -0.331 e. The van der Waals surface area contributed by atoms with Crippen LogP contribution in [0.15, 0.2) is 24.4 Å². The molecule has 1 heterocycles. The Hall–Kier alpha value is -1.30. The van der Waals surface area contributed by atoms with Gasteiger partial charge in [0.25, 0.3) is 0 Å². The van der Waals surface area contributed by atoms with Crippen molar-refractivity contribution in [1.29, 1.82) is 0 Å². The van der Waals surface area contributed by atoms with Gasteiger partial charge in [-0.05, 0) is 44.3 Å². The Bertz CT molecular complexity index is 639. The number of halogens is 2. The zero-order chi connectivity index (χ0) is 14.7. The molecule has 0 atom stereocenters. The van der Waals surface area contributed by atoms with Crippen LogP contribution in [-0.4, -0.2) is 14.9 Å². The normalized spacial score (nSPS) is 10.4. The van der Waals surface area contributed by atoms with E-state index in [1.54, 1.807) is 24.4 Å². The Balaban J connectivity index is 2.07. The summed E-state index contributed by atoms with van der Waals surface area (Å²) in [5.41, 5.74) is 2.60. The molecule has 1 aromatic heterocycles. The van der Waals surface area contributed by atoms with E-state index in [0.29, 0.717) is 20.8 Å². The Kier molecular flexibility index (Phi) is 4.86. The van der Waals surface area contributed by atoms with Gasteiger partial charge in [-0.25, -0.2) is 0 Å². The molecule has 0 bridgehead atoms. The number of nitrogens with zero attached hydrogens (tertiary/aromatic N) is 2. The summed E-state index contributed by atoms with van der Waals surface area (Å²) >= 11 is 17.2. The molecule has 0 aliphatic rings. The fraction of sp³-hybridized carbons (Fsp3) is 0.231. The summed E-state index contributed by atoms with van der Waals surface area (Å²) in [6, 6.07) is 5.19. The zero-order valence-electron chi connectivity index (χ0n) is 11.1. The van der Waals surface area contributed by atoms with E-state index in [0.717, 1.165) is 17.9 Å². The van der Waals surface area contributed by atoms with Crippen LogP contribution in [0.1, 0.15) is 12.6 Å². The molecule has 0 spiro atoms. The van der Waals surface area contributed by atoms with Gasteiger partial charge in [-0.2, -0.15) is 5.10 Å². The predicted octanol–water partition coefficient (Wildman–Crippen LogP) is 4.33. The first-order valence-corrected chi connectivity index (χ1v) is 7.23. The van der Waals surface area contributed by atoms with E-state index in [2.05, 4.69) is 15.7 Å². The van der Waals surface area contributed by atoms with E-state index in [9.17, 15) is 0 Å². The lowest BCUT2D eigenvalue weighted by Crippen LogP contribution is -2.19. The summed E-state index contributed by atoms with van der Waals surface area (Å²) in [6.07, 6.45) is 1.75. The van der Waals surface area contributed by atoms with Crippen molar-refractivity contribution in [2.45, 2.75) is 20.4 Å². The highest BCUT2D eigenvalue weighted by Crippen LogP contribution is 2.25. The fourth-order valence-corrected chi connectivity index (χ4v) is 2.43. The topological polar surface area (TPSA) is 41.9 Å². The summed E-state index contributed by atoms with van der Waals surface area (Å²) in [5, 5.41) is 11.9. The maximum Gasteiger partial charge on any atom is 0.175 e. The van der Waals surface area contributed by atoms with Crippen LogP contribution in [0.4, 0.5) is 11.4 Å². The number of hydrogen-bond donors (Lipinski definition) is 2. The van der Waals surface area contributed by atoms with Gasteiger partial charge in [0, 0.05) is 11.6 Å². The number of hydrogen-bond acceptors (Lipinski definition) is 2. The van der Waals surface area contributed by atoms with Crippen molar-refractivity contribution in [2.75, 3.05) is 10.6 Å². The molecule has 2 N–H and O–H groups in total. The second-order valence-electron chi connectivity index (χ2n) is 4.16. The van der Waals surface area contributed by atoms with Gasteiger partial charge in [0.05, 0.1) is 28.3 Å². The van der Waals surface area contributed by atoms with Gasteiger partial charge in [0.15, 0.2) is 5.11 Å². The van der Waals surface area contributed by atoms with Crippen molar-refractivity contribution in [3.8, 4) is 0 Å². The molecule has 0 amide bonds. The Morgan fingerprint density at radius 2 is 2.00 bits per heavy atom. The van der Waals surface area contributed by atoms with Gasteiger partial charge in [-0.15, -0.1) is 0 Å². The molecule has 0 saturated heterocycles. The quantitative estimate of drug-likeness (QED) is 0.823. The second-order valence-corrected chi connectivity index (χ2v) is 5.41. The molecule has 0 fully saturated rings. The van der Waals surface area contributed by atoms with Crippen molar-refractivity contribution < 1.29 is 0 Å². The van der Waals surface area contributed by atoms with Gasteiger partial charge in [-0.3, -0.25) is 4.68 Å². The number of anilines is 2. The molecular formula is C13H14Cl2N4S. The SMILES string of the molecule is CCn1ncc(NC(=S)Nc2ccc(Cl)cc2Cl)c1C. The van der Waals surface area contributed by atoms with Gasteiger partial charge < -0.3 is 10.6 Å². The Morgan fingerprint density at radius 3 is 2.60 bits per heavy atom. The average Bonchev–Trinajstić information content (AvgIpc) is 2.74. The summed E-state index contributed by atoms with van der Waals surface area (Å²) in [6.45, 7) is 4.83. The number of thiocarbonyl (C=S) groups is 1. The van der Waals surface area contributed by atoms with E-state index in [4.69, 9.17) is 35.4 Å². The maximum absolute atomic E-state index is 6.08. The Morgan fingerprint density at radius 1 is 1.30 bits per heavy atom. The number of aromatic nitrogens is 2. The molecule has 7 heteroatoms. The van der Waals surface area contributed by atoms with Crippen LogP contribution in [-0.2, 0) is 6.54 Å². The summed E-state index contributed by atoms with van der Waals surface area (Å²) in [4.78, 5) is 0. The monoisotopic (exact) mass is 328 g/mol. The minimum atomic E-state index is 0.452. The molecule has 1 aromatic carbocycles. The third kappa shape index (κ3) is 3.42. The van der Waals surface area contributed by atoms with Crippen LogP contribution < -0.4 is 10.6 Å². The van der Waals surface area contributed by atoms with Crippen LogP contribution in [0.2, 0.25) is 10.0 Å². The molecule has 0 aliphatic heterocycles. The molecule has 20 heavy (non-hydrogen) atoms. The van der Waals surface area contributed by atoms with Crippen molar-refractivity contribution in [3.05, 3.63) is 40.1 Å². The van der Waals surface area contributed by atoms with E-state index in [1.807, 2.05) is 18.5 Å². The van der Waals surface area contributed by atoms with E-state index >= 15 is 0 Å². The molecule has 106 valence electrons. The highest BCUT2D eigenvalue weighted by molar-refractivity contribution is 7.80. The number of rotatable bonds is 3. The molecule has 0 unspecified atom stereocenters. The van der Waals surface area contributed by atoms with Crippen LogP contribution in [0.3, 0.4) is 0 Å². The molecule has 0 saturated carbocycles. The molecule has 0 aliphatic carbocycles. The third-order valence-electron chi connectivity index (χ3n) is 2.83. The maximum atomic E-state index is 6.08. The largest absolute Gasteiger partial charge is 0.331 e. The summed E-state index contributed by atoms with van der Waals surface area (Å²) in [7, 11) is 0. The van der Waals surface area contributed by atoms with E-state index in [1.165, 1.54) is 0 Å². The molecule has 2 aromatic rings. The number of aryl methyl sites for hydroxylation is 1. The zero-order valence-corrected chi connectivity index (χ0v) is 13.4. The first-order chi connectivity index (χ1) is 9.51. The van der Waals surface area contributed by atoms with E-state index < -0.39 is 0 Å². The highest BCUT2D eigenvalue weighted by Gasteiger charge is 2.08. The molecular weight excluding hydrogens is 315 g/mol. The lowest BCUT2D eigenvalue weighted by molar-refractivity contribution is 0.640. The smallest absolute Gasteiger partial charge is 0.175 e. The van der Waals surface area contributed by atoms with Crippen molar-refractivity contribution in [3.63, 3.8) is 0 Å². The minimum absolute atomic E-state index is 0.452. The number of nitrogens with one attached hydrogen (secondary N) is 2. The van der Waals surface area contributed by atoms with Crippen LogP contribution in [0.25, 0.3) is 0 Å². The summed E-state index contributed by atoms with van der Waals surface area (Å²) in [5.74, 6) is 0. The van der Waals surface area contributed by atoms with Crippen molar-refractivity contribution >= 4 is 51.9 Å². The average molecular weight is 329 g/mol. The Labute approximate surface area is 133 Å². The first-order valence-electron chi connectivity index (χ1n) is 6.06. The molecule has 0 radical (unpaired) electrons. The summed E-state index contributed by atoms with van der Waals surface area (Å²) < 4.78 is 1.89. The molecule has 2 rings (SSSR count). The third-order valence-corrected chi connectivity index (χ3v) is 3.58. The fourth-order valence-electron chi connectivity index (χ4n) is 1.75. The lowest BCUT2D eigenvalue weighted by atomic mass is 10.3. The van der Waals surface area contributed by atoms with Gasteiger partial charge in [0.2, 0.25) is 0 Å². The van der Waals surface area contributed by atoms with E-state index in [-0.39, 0.29) is 0 Å². The van der Waals surface area contributed by atoms with Gasteiger partial charge >= 0.3 is 0 Å². The lowest BCUT2D eigenvalue weighted by Gasteiger charge is -2.11. The van der Waals surface area contributed by atoms with Crippen molar-refractivity contribution in [1.82, 2.24) is 9.78 Å². The van der Waals surface area contributed by atoms with Crippen LogP contribution in [0, 0.1) is 6.92 Å². The van der Waals surface area contributed by atoms with Crippen LogP contribution >= 0.6 is 35.4 Å². The number of benzene rings is 1. The van der Waals surface area contributed by atoms with Crippen LogP contribution in [0.5, 0.6) is 0 Å². The highest BCUT2D eigenvalue weighted by atomic mass is 35.5. The van der Waals surface area contributed by atoms with Gasteiger partial charge in [-0.1, -0.05) is 23.2 Å². The standard InChI is InChI=1S/C13H14Cl2N4S/c1-3-19-8(2)12(7-16-19)18-13(20)17-11-5-4-9(14)6-10(11)15/h4-7H,3H2,1-2H3,(H2,17,18,20). The first kappa shape index (κ1) is 15.1. The second kappa shape index (κ2) is 6.43. The van der Waals surface area contributed by atoms with Crippen molar-refractivity contribution in [2.24, 2.45) is 0 Å². The van der Waals surface area contributed by atoms with Gasteiger partial charge in [0.1, 0.15) is 0 Å². The molecule has 4 nitrogen and oxygen atoms in total. The predicted molar refractivity (Wildman–Crippen MR) is 88.9 cm³/mol.